The zero-order valence-electron chi connectivity index (χ0n) is 17.8. The number of nitro benzene ring substituents is 1. The SMILES string of the molecule is COC(=O)C1=C(Nc2cc(C(=O)N3CCOCC3)cc([N+](=O)[O-])c2C)C(=O)N(CCO)C1. The number of aliphatic hydroxyl groups is 1. The first kappa shape index (κ1) is 23.2. The number of ether oxygens (including phenoxy) is 2. The Morgan fingerprint density at radius 3 is 2.59 bits per heavy atom. The molecule has 1 fully saturated rings. The van der Waals surface area contributed by atoms with Gasteiger partial charge in [0.2, 0.25) is 0 Å². The summed E-state index contributed by atoms with van der Waals surface area (Å²) in [6, 6.07) is 2.62. The maximum atomic E-state index is 12.9. The van der Waals surface area contributed by atoms with E-state index >= 15 is 0 Å². The Morgan fingerprint density at radius 1 is 1.31 bits per heavy atom. The number of anilines is 1. The fourth-order valence-electron chi connectivity index (χ4n) is 3.57. The minimum absolute atomic E-state index is 0.000799. The van der Waals surface area contributed by atoms with Crippen LogP contribution in [-0.2, 0) is 19.1 Å². The quantitative estimate of drug-likeness (QED) is 0.335. The number of amides is 2. The third-order valence-corrected chi connectivity index (χ3v) is 5.34. The molecule has 1 saturated heterocycles. The van der Waals surface area contributed by atoms with Crippen molar-refractivity contribution in [1.82, 2.24) is 9.80 Å². The monoisotopic (exact) mass is 448 g/mol. The number of rotatable bonds is 7. The Balaban J connectivity index is 2.03. The van der Waals surface area contributed by atoms with Crippen LogP contribution in [0, 0.1) is 17.0 Å². The van der Waals surface area contributed by atoms with Crippen LogP contribution in [0.5, 0.6) is 0 Å². The van der Waals surface area contributed by atoms with E-state index in [1.54, 1.807) is 0 Å². The number of nitrogens with one attached hydrogen (secondary N) is 1. The second kappa shape index (κ2) is 9.75. The number of esters is 1. The van der Waals surface area contributed by atoms with Crippen molar-refractivity contribution in [3.05, 3.63) is 44.6 Å². The number of aliphatic hydroxyl groups excluding tert-OH is 1. The molecular formula is C20H24N4O8. The van der Waals surface area contributed by atoms with Crippen molar-refractivity contribution in [2.45, 2.75) is 6.92 Å². The highest BCUT2D eigenvalue weighted by atomic mass is 16.6. The maximum absolute atomic E-state index is 12.9. The average Bonchev–Trinajstić information content (AvgIpc) is 3.10. The zero-order chi connectivity index (χ0) is 23.4. The zero-order valence-corrected chi connectivity index (χ0v) is 17.8. The highest BCUT2D eigenvalue weighted by Gasteiger charge is 2.35. The summed E-state index contributed by atoms with van der Waals surface area (Å²) >= 11 is 0. The molecule has 3 rings (SSSR count). The molecule has 2 aliphatic rings. The number of hydrogen-bond donors (Lipinski definition) is 2. The lowest BCUT2D eigenvalue weighted by atomic mass is 10.1. The lowest BCUT2D eigenvalue weighted by molar-refractivity contribution is -0.385. The van der Waals surface area contributed by atoms with Gasteiger partial charge in [-0.1, -0.05) is 0 Å². The molecule has 1 aromatic rings. The minimum Gasteiger partial charge on any atom is -0.466 e. The summed E-state index contributed by atoms with van der Waals surface area (Å²) in [5.41, 5.74) is 0.0238. The van der Waals surface area contributed by atoms with Crippen LogP contribution >= 0.6 is 0 Å². The third-order valence-electron chi connectivity index (χ3n) is 5.34. The first-order valence-corrected chi connectivity index (χ1v) is 9.93. The molecule has 0 bridgehead atoms. The van der Waals surface area contributed by atoms with Gasteiger partial charge in [0, 0.05) is 37.0 Å². The van der Waals surface area contributed by atoms with Crippen LogP contribution in [-0.4, -0.2) is 90.7 Å². The molecule has 2 N–H and O–H groups in total. The van der Waals surface area contributed by atoms with Crippen LogP contribution in [0.25, 0.3) is 0 Å². The Hall–Kier alpha value is -3.51. The van der Waals surface area contributed by atoms with Gasteiger partial charge >= 0.3 is 5.97 Å². The molecule has 2 aliphatic heterocycles. The van der Waals surface area contributed by atoms with Gasteiger partial charge in [-0.2, -0.15) is 0 Å². The van der Waals surface area contributed by atoms with E-state index in [0.717, 1.165) is 0 Å². The summed E-state index contributed by atoms with van der Waals surface area (Å²) in [6.07, 6.45) is 0. The largest absolute Gasteiger partial charge is 0.466 e. The number of nitrogens with zero attached hydrogens (tertiary/aromatic N) is 3. The number of β-amino-alcohol motifs (C(OH)–C–C–N with tert-alkyl or cyclic N) is 1. The lowest BCUT2D eigenvalue weighted by Crippen LogP contribution is -2.40. The molecule has 2 heterocycles. The van der Waals surface area contributed by atoms with E-state index in [-0.39, 0.29) is 53.5 Å². The van der Waals surface area contributed by atoms with Gasteiger partial charge in [-0.25, -0.2) is 4.79 Å². The van der Waals surface area contributed by atoms with E-state index in [9.17, 15) is 29.6 Å². The molecule has 32 heavy (non-hydrogen) atoms. The number of hydrogen-bond acceptors (Lipinski definition) is 9. The Morgan fingerprint density at radius 2 is 2.00 bits per heavy atom. The molecule has 0 unspecified atom stereocenters. The van der Waals surface area contributed by atoms with Crippen LogP contribution in [0.1, 0.15) is 15.9 Å². The first-order chi connectivity index (χ1) is 15.3. The van der Waals surface area contributed by atoms with Crippen molar-refractivity contribution in [2.24, 2.45) is 0 Å². The predicted molar refractivity (Wildman–Crippen MR) is 111 cm³/mol. The van der Waals surface area contributed by atoms with Gasteiger partial charge in [0.1, 0.15) is 5.70 Å². The molecule has 0 atom stereocenters. The number of carbonyl (C=O) groups is 3. The van der Waals surface area contributed by atoms with Gasteiger partial charge in [-0.15, -0.1) is 0 Å². The molecule has 12 nitrogen and oxygen atoms in total. The summed E-state index contributed by atoms with van der Waals surface area (Å²) in [6.45, 7) is 2.55. The molecule has 0 aliphatic carbocycles. The normalized spacial score (nSPS) is 16.4. The van der Waals surface area contributed by atoms with Crippen molar-refractivity contribution in [3.63, 3.8) is 0 Å². The topological polar surface area (TPSA) is 152 Å². The van der Waals surface area contributed by atoms with Crippen LogP contribution in [0.15, 0.2) is 23.4 Å². The van der Waals surface area contributed by atoms with E-state index in [4.69, 9.17) is 9.47 Å². The van der Waals surface area contributed by atoms with Crippen LogP contribution in [0.3, 0.4) is 0 Å². The summed E-state index contributed by atoms with van der Waals surface area (Å²) in [4.78, 5) is 51.7. The van der Waals surface area contributed by atoms with Gasteiger partial charge in [-0.3, -0.25) is 19.7 Å². The van der Waals surface area contributed by atoms with Crippen molar-refractivity contribution in [3.8, 4) is 0 Å². The van der Waals surface area contributed by atoms with E-state index < -0.39 is 22.7 Å². The molecule has 0 saturated carbocycles. The average molecular weight is 448 g/mol. The van der Waals surface area contributed by atoms with Gasteiger partial charge in [0.05, 0.1) is 49.5 Å². The first-order valence-electron chi connectivity index (χ1n) is 9.93. The van der Waals surface area contributed by atoms with Crippen molar-refractivity contribution >= 4 is 29.2 Å². The maximum Gasteiger partial charge on any atom is 0.337 e. The number of benzene rings is 1. The highest BCUT2D eigenvalue weighted by Crippen LogP contribution is 2.31. The fourth-order valence-corrected chi connectivity index (χ4v) is 3.57. The molecule has 0 aromatic heterocycles. The molecule has 0 radical (unpaired) electrons. The number of carbonyl (C=O) groups excluding carboxylic acids is 3. The second-order valence-electron chi connectivity index (χ2n) is 7.25. The van der Waals surface area contributed by atoms with E-state index in [1.807, 2.05) is 0 Å². The van der Waals surface area contributed by atoms with E-state index in [1.165, 1.54) is 36.0 Å². The van der Waals surface area contributed by atoms with Gasteiger partial charge in [-0.05, 0) is 13.0 Å². The number of methoxy groups -OCH3 is 1. The Kier molecular flexibility index (Phi) is 7.05. The molecule has 0 spiro atoms. The van der Waals surface area contributed by atoms with Crippen LogP contribution in [0.4, 0.5) is 11.4 Å². The summed E-state index contributed by atoms with van der Waals surface area (Å²) < 4.78 is 9.99. The smallest absolute Gasteiger partial charge is 0.337 e. The summed E-state index contributed by atoms with van der Waals surface area (Å²) in [5.74, 6) is -1.71. The third kappa shape index (κ3) is 4.55. The van der Waals surface area contributed by atoms with E-state index in [2.05, 4.69) is 5.32 Å². The van der Waals surface area contributed by atoms with Gasteiger partial charge < -0.3 is 29.7 Å². The van der Waals surface area contributed by atoms with Crippen LogP contribution < -0.4 is 5.32 Å². The van der Waals surface area contributed by atoms with Crippen molar-refractivity contribution in [1.29, 1.82) is 0 Å². The number of morpholine rings is 1. The predicted octanol–water partition coefficient (Wildman–Crippen LogP) is 0.0491. The number of nitro groups is 1. The molecular weight excluding hydrogens is 424 g/mol. The molecule has 12 heteroatoms. The molecule has 2 amide bonds. The van der Waals surface area contributed by atoms with Gasteiger partial charge in [0.15, 0.2) is 0 Å². The van der Waals surface area contributed by atoms with Gasteiger partial charge in [0.25, 0.3) is 17.5 Å². The van der Waals surface area contributed by atoms with Crippen LogP contribution in [0.2, 0.25) is 0 Å². The lowest BCUT2D eigenvalue weighted by Gasteiger charge is -2.27. The fraction of sp³-hybridized carbons (Fsp3) is 0.450. The molecule has 172 valence electrons. The Bertz CT molecular complexity index is 984. The van der Waals surface area contributed by atoms with Crippen molar-refractivity contribution in [2.75, 3.05) is 58.4 Å². The standard InChI is InChI=1S/C20H24N4O8/c1-12-15(21-17-14(20(28)31-2)11-23(3-6-25)19(17)27)9-13(10-16(12)24(29)30)18(26)22-4-7-32-8-5-22/h9-10,21,25H,3-8,11H2,1-2H3. The summed E-state index contributed by atoms with van der Waals surface area (Å²) in [5, 5.41) is 23.6. The van der Waals surface area contributed by atoms with Crippen molar-refractivity contribution < 1.29 is 33.9 Å². The second-order valence-corrected chi connectivity index (χ2v) is 7.25. The minimum atomic E-state index is -0.742. The molecule has 1 aromatic carbocycles. The summed E-state index contributed by atoms with van der Waals surface area (Å²) in [7, 11) is 1.17. The highest BCUT2D eigenvalue weighted by molar-refractivity contribution is 6.09. The van der Waals surface area contributed by atoms with E-state index in [0.29, 0.717) is 26.3 Å². The Labute approximate surface area is 183 Å².